The number of hydrogen-bond acceptors (Lipinski definition) is 9. The molecule has 3 aliphatic heterocycles. The molecule has 46 heavy (non-hydrogen) atoms. The van der Waals surface area contributed by atoms with Gasteiger partial charge in [-0.25, -0.2) is 18.2 Å². The first-order valence-electron chi connectivity index (χ1n) is 14.5. The summed E-state index contributed by atoms with van der Waals surface area (Å²) in [5, 5.41) is 2.63. The minimum Gasteiger partial charge on any atom is -0.461 e. The van der Waals surface area contributed by atoms with Crippen LogP contribution in [-0.4, -0.2) is 81.2 Å². The van der Waals surface area contributed by atoms with Gasteiger partial charge in [-0.05, 0) is 43.7 Å². The standard InChI is InChI=1S/C30H27F6N7O2S/c1-2-20(44)42-11-15(12-42)38-26-17-8-18(30(34,35)36)21(16-4-5-19(32)25-24(16)39-27(37)46-25)22(33)23(17)40-28(41-26)45-13-29-6-3-7-43(29)10-14(31)9-29/h2,4-5,8,14-15H,1,3,6-7,9-13H2,(H2,37,39)(H,38,40,41)/t14-,29+/m1/s1. The average Bonchev–Trinajstić information content (AvgIpc) is 3.65. The smallest absolute Gasteiger partial charge is 0.417 e. The summed E-state index contributed by atoms with van der Waals surface area (Å²) in [6.07, 6.45) is -3.19. The van der Waals surface area contributed by atoms with Gasteiger partial charge in [-0.15, -0.1) is 0 Å². The van der Waals surface area contributed by atoms with E-state index in [9.17, 15) is 26.7 Å². The maximum absolute atomic E-state index is 16.6. The SMILES string of the molecule is C=CC(=O)N1CC(Nc2nc(OC[C@@]34CCCN3C[C@H](F)C4)nc3c(F)c(-c4ccc(F)c5sc(N)nc45)c(C(F)(F)F)cc23)C1. The molecular weight excluding hydrogens is 636 g/mol. The number of nitrogen functional groups attached to an aromatic ring is 1. The maximum Gasteiger partial charge on any atom is 0.417 e. The van der Waals surface area contributed by atoms with Crippen molar-refractivity contribution < 1.29 is 35.9 Å². The molecule has 3 fully saturated rings. The molecule has 16 heteroatoms. The molecule has 0 aliphatic carbocycles. The van der Waals surface area contributed by atoms with E-state index in [0.717, 1.165) is 42.0 Å². The number of nitrogens with two attached hydrogens (primary N) is 1. The summed E-state index contributed by atoms with van der Waals surface area (Å²) in [6.45, 7) is 4.81. The van der Waals surface area contributed by atoms with Crippen LogP contribution in [0.5, 0.6) is 6.01 Å². The summed E-state index contributed by atoms with van der Waals surface area (Å²) in [5.41, 5.74) is 1.90. The van der Waals surface area contributed by atoms with Gasteiger partial charge in [0.2, 0.25) is 5.91 Å². The number of benzene rings is 2. The van der Waals surface area contributed by atoms with E-state index in [0.29, 0.717) is 13.0 Å². The largest absolute Gasteiger partial charge is 0.461 e. The van der Waals surface area contributed by atoms with Gasteiger partial charge in [0.15, 0.2) is 10.9 Å². The molecule has 3 N–H and O–H groups in total. The number of amides is 1. The summed E-state index contributed by atoms with van der Waals surface area (Å²) >= 11 is 0.728. The van der Waals surface area contributed by atoms with Crippen LogP contribution in [0.1, 0.15) is 24.8 Å². The van der Waals surface area contributed by atoms with E-state index in [1.54, 1.807) is 0 Å². The summed E-state index contributed by atoms with van der Waals surface area (Å²) < 4.78 is 95.4. The number of thiazole rings is 1. The minimum absolute atomic E-state index is 0.00476. The lowest BCUT2D eigenvalue weighted by molar-refractivity contribution is -0.137. The van der Waals surface area contributed by atoms with Crippen molar-refractivity contribution in [2.75, 3.05) is 43.8 Å². The molecule has 0 unspecified atom stereocenters. The third-order valence-corrected chi connectivity index (χ3v) is 9.83. The van der Waals surface area contributed by atoms with Gasteiger partial charge in [0.25, 0.3) is 0 Å². The van der Waals surface area contributed by atoms with Crippen LogP contribution in [0.2, 0.25) is 0 Å². The highest BCUT2D eigenvalue weighted by Gasteiger charge is 2.49. The maximum atomic E-state index is 16.6. The number of carbonyl (C=O) groups excluding carboxylic acids is 1. The third kappa shape index (κ3) is 5.07. The van der Waals surface area contributed by atoms with E-state index in [4.69, 9.17) is 10.5 Å². The molecule has 3 aliphatic rings. The molecule has 5 heterocycles. The Hall–Kier alpha value is -4.18. The second-order valence-corrected chi connectivity index (χ2v) is 12.9. The summed E-state index contributed by atoms with van der Waals surface area (Å²) in [5.74, 6) is -2.56. The van der Waals surface area contributed by atoms with Gasteiger partial charge in [0.05, 0.1) is 27.4 Å². The Morgan fingerprint density at radius 2 is 1.98 bits per heavy atom. The van der Waals surface area contributed by atoms with Crippen LogP contribution in [0, 0.1) is 11.6 Å². The lowest BCUT2D eigenvalue weighted by Gasteiger charge is -2.39. The fraction of sp³-hybridized carbons (Fsp3) is 0.400. The fourth-order valence-corrected chi connectivity index (χ4v) is 7.55. The van der Waals surface area contributed by atoms with Crippen molar-refractivity contribution in [3.63, 3.8) is 0 Å². The Bertz CT molecular complexity index is 1900. The zero-order chi connectivity index (χ0) is 32.5. The Labute approximate surface area is 262 Å². The second-order valence-electron chi connectivity index (χ2n) is 11.8. The Morgan fingerprint density at radius 1 is 1.20 bits per heavy atom. The van der Waals surface area contributed by atoms with Crippen molar-refractivity contribution in [1.82, 2.24) is 24.8 Å². The van der Waals surface area contributed by atoms with E-state index < -0.39 is 52.2 Å². The van der Waals surface area contributed by atoms with Crippen LogP contribution in [0.25, 0.3) is 32.2 Å². The number of nitrogens with zero attached hydrogens (tertiary/aromatic N) is 5. The van der Waals surface area contributed by atoms with Crippen molar-refractivity contribution >= 4 is 49.3 Å². The van der Waals surface area contributed by atoms with E-state index >= 15 is 4.39 Å². The highest BCUT2D eigenvalue weighted by atomic mass is 32.1. The van der Waals surface area contributed by atoms with Crippen LogP contribution in [0.15, 0.2) is 30.9 Å². The molecule has 0 radical (unpaired) electrons. The van der Waals surface area contributed by atoms with Crippen molar-refractivity contribution in [1.29, 1.82) is 0 Å². The van der Waals surface area contributed by atoms with E-state index in [1.165, 1.54) is 4.90 Å². The third-order valence-electron chi connectivity index (χ3n) is 8.94. The van der Waals surface area contributed by atoms with Crippen LogP contribution in [-0.2, 0) is 11.0 Å². The normalized spacial score (nSPS) is 22.0. The van der Waals surface area contributed by atoms with E-state index in [1.807, 2.05) is 4.90 Å². The van der Waals surface area contributed by atoms with Crippen molar-refractivity contribution in [3.8, 4) is 17.1 Å². The fourth-order valence-electron chi connectivity index (χ4n) is 6.78. The number of alkyl halides is 4. The number of ether oxygens (including phenoxy) is 1. The lowest BCUT2D eigenvalue weighted by atomic mass is 9.95. The monoisotopic (exact) mass is 663 g/mol. The number of anilines is 2. The summed E-state index contributed by atoms with van der Waals surface area (Å²) in [7, 11) is 0. The number of likely N-dealkylation sites (tertiary alicyclic amines) is 1. The first kappa shape index (κ1) is 30.5. The van der Waals surface area contributed by atoms with Crippen LogP contribution in [0.3, 0.4) is 0 Å². The number of hydrogen-bond donors (Lipinski definition) is 2. The van der Waals surface area contributed by atoms with Crippen LogP contribution in [0.4, 0.5) is 37.3 Å². The lowest BCUT2D eigenvalue weighted by Crippen LogP contribution is -2.56. The Balaban J connectivity index is 1.37. The zero-order valence-corrected chi connectivity index (χ0v) is 25.0. The van der Waals surface area contributed by atoms with Gasteiger partial charge in [-0.2, -0.15) is 23.1 Å². The average molecular weight is 664 g/mol. The minimum atomic E-state index is -5.06. The van der Waals surface area contributed by atoms with Gasteiger partial charge >= 0.3 is 12.2 Å². The number of nitrogens with one attached hydrogen (secondary N) is 1. The van der Waals surface area contributed by atoms with Crippen molar-refractivity contribution in [2.24, 2.45) is 0 Å². The quantitative estimate of drug-likeness (QED) is 0.196. The first-order chi connectivity index (χ1) is 21.9. The van der Waals surface area contributed by atoms with Gasteiger partial charge in [0.1, 0.15) is 29.9 Å². The molecule has 242 valence electrons. The van der Waals surface area contributed by atoms with E-state index in [-0.39, 0.29) is 76.7 Å². The highest BCUT2D eigenvalue weighted by Crippen LogP contribution is 2.46. The number of halogens is 6. The van der Waals surface area contributed by atoms with E-state index in [2.05, 4.69) is 26.8 Å². The van der Waals surface area contributed by atoms with Gasteiger partial charge in [-0.1, -0.05) is 17.9 Å². The molecule has 0 bridgehead atoms. The second kappa shape index (κ2) is 11.0. The predicted molar refractivity (Wildman–Crippen MR) is 160 cm³/mol. The Morgan fingerprint density at radius 3 is 2.72 bits per heavy atom. The summed E-state index contributed by atoms with van der Waals surface area (Å²) in [4.78, 5) is 28.0. The molecule has 7 rings (SSSR count). The Kier molecular flexibility index (Phi) is 7.27. The van der Waals surface area contributed by atoms with Gasteiger partial charge < -0.3 is 20.7 Å². The molecular formula is C30H27F6N7O2S. The molecule has 9 nitrogen and oxygen atoms in total. The number of rotatable bonds is 7. The zero-order valence-electron chi connectivity index (χ0n) is 24.1. The molecule has 4 aromatic rings. The van der Waals surface area contributed by atoms with Crippen LogP contribution < -0.4 is 15.8 Å². The first-order valence-corrected chi connectivity index (χ1v) is 15.3. The molecule has 0 spiro atoms. The van der Waals surface area contributed by atoms with Crippen molar-refractivity contribution in [3.05, 3.63) is 48.1 Å². The summed E-state index contributed by atoms with van der Waals surface area (Å²) in [6, 6.07) is 1.95. The molecule has 2 aromatic carbocycles. The van der Waals surface area contributed by atoms with Gasteiger partial charge in [0, 0.05) is 42.6 Å². The topological polar surface area (TPSA) is 110 Å². The molecule has 2 atom stereocenters. The molecule has 0 saturated carbocycles. The number of fused-ring (bicyclic) bond motifs is 3. The van der Waals surface area contributed by atoms with Gasteiger partial charge in [-0.3, -0.25) is 9.69 Å². The number of carbonyl (C=O) groups is 1. The molecule has 2 aromatic heterocycles. The van der Waals surface area contributed by atoms with Crippen LogP contribution >= 0.6 is 11.3 Å². The van der Waals surface area contributed by atoms with Crippen molar-refractivity contribution in [2.45, 2.75) is 43.2 Å². The molecule has 1 amide bonds. The highest BCUT2D eigenvalue weighted by molar-refractivity contribution is 7.22. The molecule has 3 saturated heterocycles. The number of aromatic nitrogens is 3. The predicted octanol–water partition coefficient (Wildman–Crippen LogP) is 5.55.